The fourth-order valence-corrected chi connectivity index (χ4v) is 1.61. The van der Waals surface area contributed by atoms with Crippen molar-refractivity contribution >= 4 is 23.0 Å². The molecule has 2 aromatic rings. The van der Waals surface area contributed by atoms with Crippen molar-refractivity contribution in [3.8, 4) is 0 Å². The van der Waals surface area contributed by atoms with Crippen molar-refractivity contribution in [2.75, 3.05) is 10.6 Å². The highest BCUT2D eigenvalue weighted by atomic mass is 16.1. The Kier molecular flexibility index (Phi) is 3.98. The maximum absolute atomic E-state index is 11.7. The predicted octanol–water partition coefficient (Wildman–Crippen LogP) is 3.94. The van der Waals surface area contributed by atoms with Crippen LogP contribution in [0.3, 0.4) is 0 Å². The van der Waals surface area contributed by atoms with Crippen LogP contribution in [0.5, 0.6) is 0 Å². The van der Waals surface area contributed by atoms with Gasteiger partial charge in [0.15, 0.2) is 0 Å². The number of hydrogen-bond donors (Lipinski definition) is 2. The maximum Gasteiger partial charge on any atom is 0.250 e. The largest absolute Gasteiger partial charge is 0.354 e. The zero-order chi connectivity index (χ0) is 13.7. The van der Waals surface area contributed by atoms with Gasteiger partial charge in [-0.05, 0) is 31.2 Å². The first-order valence-corrected chi connectivity index (χ1v) is 6.05. The van der Waals surface area contributed by atoms with E-state index in [1.807, 2.05) is 54.6 Å². The minimum Gasteiger partial charge on any atom is -0.354 e. The fourth-order valence-electron chi connectivity index (χ4n) is 1.61. The number of amides is 1. The Morgan fingerprint density at radius 1 is 0.947 bits per heavy atom. The summed E-state index contributed by atoms with van der Waals surface area (Å²) in [5.74, 6) is -0.178. The topological polar surface area (TPSA) is 41.1 Å². The quantitative estimate of drug-likeness (QED) is 0.809. The van der Waals surface area contributed by atoms with Gasteiger partial charge >= 0.3 is 0 Å². The standard InChI is InChI=1S/C16H16N2O/c1-12(2)16(19)18-15-11-7-6-10-14(15)17-13-8-4-3-5-9-13/h3-11,17H,1H2,2H3,(H,18,19). The molecule has 3 nitrogen and oxygen atoms in total. The summed E-state index contributed by atoms with van der Waals surface area (Å²) in [6.07, 6.45) is 0. The summed E-state index contributed by atoms with van der Waals surface area (Å²) < 4.78 is 0. The van der Waals surface area contributed by atoms with Crippen LogP contribution >= 0.6 is 0 Å². The molecule has 1 amide bonds. The molecule has 3 heteroatoms. The van der Waals surface area contributed by atoms with Gasteiger partial charge in [-0.3, -0.25) is 4.79 Å². The Labute approximate surface area is 113 Å². The highest BCUT2D eigenvalue weighted by Gasteiger charge is 2.06. The molecule has 0 aromatic heterocycles. The molecule has 2 N–H and O–H groups in total. The van der Waals surface area contributed by atoms with Gasteiger partial charge in [0, 0.05) is 11.3 Å². The van der Waals surface area contributed by atoms with E-state index in [4.69, 9.17) is 0 Å². The van der Waals surface area contributed by atoms with Crippen molar-refractivity contribution in [3.63, 3.8) is 0 Å². The molecule has 0 radical (unpaired) electrons. The SMILES string of the molecule is C=C(C)C(=O)Nc1ccccc1Nc1ccccc1. The molecular weight excluding hydrogens is 236 g/mol. The average molecular weight is 252 g/mol. The summed E-state index contributed by atoms with van der Waals surface area (Å²) in [6, 6.07) is 17.4. The molecule has 0 aliphatic carbocycles. The Hall–Kier alpha value is -2.55. The highest BCUT2D eigenvalue weighted by Crippen LogP contribution is 2.25. The molecule has 96 valence electrons. The van der Waals surface area contributed by atoms with E-state index in [-0.39, 0.29) is 5.91 Å². The molecule has 2 aromatic carbocycles. The van der Waals surface area contributed by atoms with Crippen LogP contribution in [0.1, 0.15) is 6.92 Å². The van der Waals surface area contributed by atoms with Crippen molar-refractivity contribution in [2.45, 2.75) is 6.92 Å². The van der Waals surface area contributed by atoms with Gasteiger partial charge in [0.05, 0.1) is 11.4 Å². The van der Waals surface area contributed by atoms with E-state index >= 15 is 0 Å². The Bertz CT molecular complexity index is 591. The van der Waals surface area contributed by atoms with Gasteiger partial charge in [0.25, 0.3) is 5.91 Å². The zero-order valence-electron chi connectivity index (χ0n) is 10.8. The van der Waals surface area contributed by atoms with Crippen molar-refractivity contribution in [3.05, 3.63) is 66.7 Å². The zero-order valence-corrected chi connectivity index (χ0v) is 10.8. The van der Waals surface area contributed by atoms with Crippen molar-refractivity contribution in [1.82, 2.24) is 0 Å². The molecule has 0 aliphatic rings. The highest BCUT2D eigenvalue weighted by molar-refractivity contribution is 6.04. The van der Waals surface area contributed by atoms with E-state index in [1.165, 1.54) is 0 Å². The number of benzene rings is 2. The molecule has 0 aliphatic heterocycles. The number of para-hydroxylation sites is 3. The third-order valence-corrected chi connectivity index (χ3v) is 2.62. The number of carbonyl (C=O) groups is 1. The minimum atomic E-state index is -0.178. The molecule has 0 bridgehead atoms. The Morgan fingerprint density at radius 2 is 1.53 bits per heavy atom. The fraction of sp³-hybridized carbons (Fsp3) is 0.0625. The summed E-state index contributed by atoms with van der Waals surface area (Å²) >= 11 is 0. The second kappa shape index (κ2) is 5.87. The summed E-state index contributed by atoms with van der Waals surface area (Å²) in [4.78, 5) is 11.7. The van der Waals surface area contributed by atoms with E-state index in [0.717, 1.165) is 17.1 Å². The van der Waals surface area contributed by atoms with Crippen LogP contribution in [0.15, 0.2) is 66.7 Å². The van der Waals surface area contributed by atoms with E-state index in [2.05, 4.69) is 17.2 Å². The average Bonchev–Trinajstić information content (AvgIpc) is 2.42. The number of anilines is 3. The molecular formula is C16H16N2O. The lowest BCUT2D eigenvalue weighted by atomic mass is 10.2. The van der Waals surface area contributed by atoms with Crippen LogP contribution in [-0.2, 0) is 4.79 Å². The first-order valence-electron chi connectivity index (χ1n) is 6.05. The van der Waals surface area contributed by atoms with Crippen LogP contribution in [0, 0.1) is 0 Å². The van der Waals surface area contributed by atoms with Crippen LogP contribution < -0.4 is 10.6 Å². The van der Waals surface area contributed by atoms with Crippen LogP contribution in [-0.4, -0.2) is 5.91 Å². The normalized spacial score (nSPS) is 9.74. The molecule has 0 saturated heterocycles. The summed E-state index contributed by atoms with van der Waals surface area (Å²) in [7, 11) is 0. The maximum atomic E-state index is 11.7. The molecule has 0 atom stereocenters. The lowest BCUT2D eigenvalue weighted by molar-refractivity contribution is -0.112. The lowest BCUT2D eigenvalue weighted by Gasteiger charge is -2.13. The smallest absolute Gasteiger partial charge is 0.250 e. The predicted molar refractivity (Wildman–Crippen MR) is 79.6 cm³/mol. The van der Waals surface area contributed by atoms with Crippen LogP contribution in [0.25, 0.3) is 0 Å². The first-order chi connectivity index (χ1) is 9.16. The Balaban J connectivity index is 2.21. The molecule has 0 saturated carbocycles. The second-order valence-electron chi connectivity index (χ2n) is 4.27. The minimum absolute atomic E-state index is 0.178. The summed E-state index contributed by atoms with van der Waals surface area (Å²) in [5, 5.41) is 6.10. The van der Waals surface area contributed by atoms with Gasteiger partial charge in [0.1, 0.15) is 0 Å². The number of rotatable bonds is 4. The molecule has 0 fully saturated rings. The third-order valence-electron chi connectivity index (χ3n) is 2.62. The molecule has 2 rings (SSSR count). The lowest BCUT2D eigenvalue weighted by Crippen LogP contribution is -2.12. The van der Waals surface area contributed by atoms with Gasteiger partial charge < -0.3 is 10.6 Å². The Morgan fingerprint density at radius 3 is 2.16 bits per heavy atom. The van der Waals surface area contributed by atoms with Crippen molar-refractivity contribution in [2.24, 2.45) is 0 Å². The van der Waals surface area contributed by atoms with Crippen LogP contribution in [0.2, 0.25) is 0 Å². The number of hydrogen-bond acceptors (Lipinski definition) is 2. The van der Waals surface area contributed by atoms with Gasteiger partial charge in [-0.25, -0.2) is 0 Å². The second-order valence-corrected chi connectivity index (χ2v) is 4.27. The van der Waals surface area contributed by atoms with Crippen molar-refractivity contribution in [1.29, 1.82) is 0 Å². The van der Waals surface area contributed by atoms with Gasteiger partial charge in [0.2, 0.25) is 0 Å². The van der Waals surface area contributed by atoms with E-state index in [1.54, 1.807) is 6.92 Å². The number of nitrogens with one attached hydrogen (secondary N) is 2. The molecule has 0 heterocycles. The van der Waals surface area contributed by atoms with Crippen LogP contribution in [0.4, 0.5) is 17.1 Å². The van der Waals surface area contributed by atoms with E-state index < -0.39 is 0 Å². The molecule has 0 spiro atoms. The molecule has 0 unspecified atom stereocenters. The molecule has 19 heavy (non-hydrogen) atoms. The van der Waals surface area contributed by atoms with Crippen molar-refractivity contribution < 1.29 is 4.79 Å². The summed E-state index contributed by atoms with van der Waals surface area (Å²) in [5.41, 5.74) is 3.04. The van der Waals surface area contributed by atoms with Gasteiger partial charge in [-0.1, -0.05) is 36.9 Å². The van der Waals surface area contributed by atoms with Gasteiger partial charge in [-0.2, -0.15) is 0 Å². The van der Waals surface area contributed by atoms with E-state index in [0.29, 0.717) is 5.57 Å². The monoisotopic (exact) mass is 252 g/mol. The van der Waals surface area contributed by atoms with E-state index in [9.17, 15) is 4.79 Å². The summed E-state index contributed by atoms with van der Waals surface area (Å²) in [6.45, 7) is 5.32. The third kappa shape index (κ3) is 3.45. The first kappa shape index (κ1) is 12.9. The van der Waals surface area contributed by atoms with Gasteiger partial charge in [-0.15, -0.1) is 0 Å². The number of carbonyl (C=O) groups excluding carboxylic acids is 1.